The molecule has 0 radical (unpaired) electrons. The average Bonchev–Trinajstić information content (AvgIpc) is 2.04. The Bertz CT molecular complexity index is 111. The van der Waals surface area contributed by atoms with Gasteiger partial charge >= 0.3 is 0 Å². The van der Waals surface area contributed by atoms with E-state index in [-0.39, 0.29) is 5.91 Å². The van der Waals surface area contributed by atoms with Gasteiger partial charge < -0.3 is 11.1 Å². The summed E-state index contributed by atoms with van der Waals surface area (Å²) < 4.78 is 0. The predicted octanol–water partition coefficient (Wildman–Crippen LogP) is 0.463. The molecule has 66 valence electrons. The Kier molecular flexibility index (Phi) is 8.33. The SMILES string of the molecule is CNC(=O)CCSSCCN. The monoisotopic (exact) mass is 194 g/mol. The van der Waals surface area contributed by atoms with Gasteiger partial charge in [-0.15, -0.1) is 0 Å². The topological polar surface area (TPSA) is 55.1 Å². The number of carbonyl (C=O) groups excluding carboxylic acids is 1. The van der Waals surface area contributed by atoms with Crippen LogP contribution in [0.3, 0.4) is 0 Å². The Morgan fingerprint density at radius 2 is 2.09 bits per heavy atom. The van der Waals surface area contributed by atoms with Gasteiger partial charge in [-0.25, -0.2) is 0 Å². The minimum absolute atomic E-state index is 0.103. The Hall–Kier alpha value is 0.130. The molecule has 3 N–H and O–H groups in total. The van der Waals surface area contributed by atoms with Crippen molar-refractivity contribution in [1.82, 2.24) is 5.32 Å². The molecular formula is C6H14N2OS2. The molecule has 0 unspecified atom stereocenters. The number of hydrogen-bond acceptors (Lipinski definition) is 4. The van der Waals surface area contributed by atoms with Gasteiger partial charge in [-0.3, -0.25) is 4.79 Å². The summed E-state index contributed by atoms with van der Waals surface area (Å²) in [7, 11) is 5.07. The van der Waals surface area contributed by atoms with E-state index in [4.69, 9.17) is 5.73 Å². The van der Waals surface area contributed by atoms with Gasteiger partial charge in [0.05, 0.1) is 0 Å². The predicted molar refractivity (Wildman–Crippen MR) is 52.7 cm³/mol. The fourth-order valence-corrected chi connectivity index (χ4v) is 2.27. The maximum Gasteiger partial charge on any atom is 0.220 e. The molecule has 0 bridgehead atoms. The van der Waals surface area contributed by atoms with Crippen LogP contribution in [0.2, 0.25) is 0 Å². The van der Waals surface area contributed by atoms with Crippen LogP contribution < -0.4 is 11.1 Å². The summed E-state index contributed by atoms with van der Waals surface area (Å²) in [6.45, 7) is 0.706. The van der Waals surface area contributed by atoms with Crippen molar-refractivity contribution in [3.8, 4) is 0 Å². The first-order valence-electron chi connectivity index (χ1n) is 3.46. The third-order valence-electron chi connectivity index (χ3n) is 0.976. The lowest BCUT2D eigenvalue weighted by molar-refractivity contribution is -0.120. The first-order valence-corrected chi connectivity index (χ1v) is 5.95. The molecule has 5 heteroatoms. The molecule has 11 heavy (non-hydrogen) atoms. The minimum atomic E-state index is 0.103. The fourth-order valence-electron chi connectivity index (χ4n) is 0.425. The molecule has 0 rings (SSSR count). The molecular weight excluding hydrogens is 180 g/mol. The Morgan fingerprint density at radius 3 is 2.64 bits per heavy atom. The molecule has 0 saturated carbocycles. The lowest BCUT2D eigenvalue weighted by Crippen LogP contribution is -2.17. The minimum Gasteiger partial charge on any atom is -0.359 e. The highest BCUT2D eigenvalue weighted by atomic mass is 33.1. The first-order chi connectivity index (χ1) is 5.31. The third kappa shape index (κ3) is 8.03. The number of nitrogens with one attached hydrogen (secondary N) is 1. The fraction of sp³-hybridized carbons (Fsp3) is 0.833. The second-order valence-corrected chi connectivity index (χ2v) is 4.56. The van der Waals surface area contributed by atoms with Gasteiger partial charge in [-0.2, -0.15) is 0 Å². The lowest BCUT2D eigenvalue weighted by atomic mass is 10.5. The molecule has 0 aromatic heterocycles. The largest absolute Gasteiger partial charge is 0.359 e. The summed E-state index contributed by atoms with van der Waals surface area (Å²) >= 11 is 0. The standard InChI is InChI=1S/C6H14N2OS2/c1-8-6(9)2-4-10-11-5-3-7/h2-5,7H2,1H3,(H,8,9). The van der Waals surface area contributed by atoms with Gasteiger partial charge in [0.1, 0.15) is 0 Å². The van der Waals surface area contributed by atoms with Crippen LogP contribution in [0.5, 0.6) is 0 Å². The Morgan fingerprint density at radius 1 is 1.45 bits per heavy atom. The average molecular weight is 194 g/mol. The Balaban J connectivity index is 2.95. The molecule has 0 aliphatic carbocycles. The molecule has 0 heterocycles. The van der Waals surface area contributed by atoms with Gasteiger partial charge in [0.15, 0.2) is 0 Å². The third-order valence-corrected chi connectivity index (χ3v) is 3.42. The number of hydrogen-bond donors (Lipinski definition) is 2. The number of rotatable bonds is 6. The van der Waals surface area contributed by atoms with E-state index in [0.717, 1.165) is 11.5 Å². The number of nitrogens with two attached hydrogens (primary N) is 1. The maximum absolute atomic E-state index is 10.7. The lowest BCUT2D eigenvalue weighted by Gasteiger charge is -1.98. The van der Waals surface area contributed by atoms with Gasteiger partial charge in [-0.05, 0) is 0 Å². The smallest absolute Gasteiger partial charge is 0.220 e. The number of amides is 1. The van der Waals surface area contributed by atoms with Gasteiger partial charge in [0.25, 0.3) is 0 Å². The van der Waals surface area contributed by atoms with Gasteiger partial charge in [0.2, 0.25) is 5.91 Å². The zero-order valence-electron chi connectivity index (χ0n) is 6.63. The summed E-state index contributed by atoms with van der Waals surface area (Å²) in [4.78, 5) is 10.7. The van der Waals surface area contributed by atoms with Crippen LogP contribution in [0, 0.1) is 0 Å². The molecule has 0 spiro atoms. The summed E-state index contributed by atoms with van der Waals surface area (Å²) in [5, 5.41) is 2.57. The molecule has 0 aliphatic heterocycles. The van der Waals surface area contributed by atoms with E-state index < -0.39 is 0 Å². The second-order valence-electron chi connectivity index (χ2n) is 1.86. The van der Waals surface area contributed by atoms with Crippen LogP contribution in [0.25, 0.3) is 0 Å². The highest BCUT2D eigenvalue weighted by Gasteiger charge is 1.96. The molecule has 0 saturated heterocycles. The van der Waals surface area contributed by atoms with E-state index in [1.165, 1.54) is 0 Å². The molecule has 0 fully saturated rings. The summed E-state index contributed by atoms with van der Waals surface area (Å²) in [6.07, 6.45) is 0.596. The highest BCUT2D eigenvalue weighted by Crippen LogP contribution is 2.20. The van der Waals surface area contributed by atoms with E-state index >= 15 is 0 Å². The zero-order valence-corrected chi connectivity index (χ0v) is 8.26. The van der Waals surface area contributed by atoms with Crippen molar-refractivity contribution in [2.75, 3.05) is 25.1 Å². The van der Waals surface area contributed by atoms with Crippen LogP contribution in [-0.4, -0.2) is 31.0 Å². The van der Waals surface area contributed by atoms with Crippen molar-refractivity contribution in [2.45, 2.75) is 6.42 Å². The van der Waals surface area contributed by atoms with E-state index in [1.807, 2.05) is 0 Å². The van der Waals surface area contributed by atoms with Crippen LogP contribution in [0.4, 0.5) is 0 Å². The Labute approximate surface area is 75.3 Å². The molecule has 0 aliphatic rings. The van der Waals surface area contributed by atoms with Crippen LogP contribution >= 0.6 is 21.6 Å². The maximum atomic E-state index is 10.7. The van der Waals surface area contributed by atoms with E-state index in [0.29, 0.717) is 13.0 Å². The number of carbonyl (C=O) groups is 1. The summed E-state index contributed by atoms with van der Waals surface area (Å²) in [5.74, 6) is 1.92. The van der Waals surface area contributed by atoms with Crippen molar-refractivity contribution in [1.29, 1.82) is 0 Å². The van der Waals surface area contributed by atoms with E-state index in [2.05, 4.69) is 5.32 Å². The van der Waals surface area contributed by atoms with E-state index in [9.17, 15) is 4.79 Å². The van der Waals surface area contributed by atoms with Crippen LogP contribution in [0.15, 0.2) is 0 Å². The van der Waals surface area contributed by atoms with Crippen molar-refractivity contribution >= 4 is 27.5 Å². The zero-order chi connectivity index (χ0) is 8.53. The van der Waals surface area contributed by atoms with Crippen molar-refractivity contribution in [3.63, 3.8) is 0 Å². The molecule has 3 nitrogen and oxygen atoms in total. The van der Waals surface area contributed by atoms with Gasteiger partial charge in [-0.1, -0.05) is 21.6 Å². The summed E-state index contributed by atoms with van der Waals surface area (Å²) in [6, 6.07) is 0. The molecule has 1 amide bonds. The van der Waals surface area contributed by atoms with Crippen molar-refractivity contribution < 1.29 is 4.79 Å². The second kappa shape index (κ2) is 8.23. The first kappa shape index (κ1) is 11.1. The summed E-state index contributed by atoms with van der Waals surface area (Å²) in [5.41, 5.74) is 5.28. The van der Waals surface area contributed by atoms with Crippen molar-refractivity contribution in [3.05, 3.63) is 0 Å². The van der Waals surface area contributed by atoms with Crippen molar-refractivity contribution in [2.24, 2.45) is 5.73 Å². The highest BCUT2D eigenvalue weighted by molar-refractivity contribution is 8.76. The quantitative estimate of drug-likeness (QED) is 0.476. The van der Waals surface area contributed by atoms with E-state index in [1.54, 1.807) is 28.6 Å². The van der Waals surface area contributed by atoms with Crippen LogP contribution in [0.1, 0.15) is 6.42 Å². The molecule has 0 aromatic carbocycles. The molecule has 0 atom stereocenters. The molecule has 0 aromatic rings. The van der Waals surface area contributed by atoms with Crippen LogP contribution in [-0.2, 0) is 4.79 Å². The van der Waals surface area contributed by atoms with Gasteiger partial charge in [0, 0.05) is 31.5 Å². The normalized spacial score (nSPS) is 9.64.